The number of aliphatic hydroxyl groups excluding tert-OH is 3. The van der Waals surface area contributed by atoms with Gasteiger partial charge in [0, 0.05) is 0 Å². The molecular formula is C20H24N8O6. The molecule has 0 unspecified atom stereocenters. The predicted molar refractivity (Wildman–Crippen MR) is 120 cm³/mol. The minimum Gasteiger partial charge on any atom is -0.487 e. The van der Waals surface area contributed by atoms with E-state index in [1.807, 2.05) is 0 Å². The average Bonchev–Trinajstić information content (AvgIpc) is 3.34. The molecule has 1 aliphatic rings. The summed E-state index contributed by atoms with van der Waals surface area (Å²) in [5.41, 5.74) is 15.2. The van der Waals surface area contributed by atoms with Crippen LogP contribution in [0.5, 0.6) is 5.75 Å². The first-order valence-electron chi connectivity index (χ1n) is 10.2. The minimum absolute atomic E-state index is 0.0212. The fourth-order valence-electron chi connectivity index (χ4n) is 3.50. The molecule has 1 aliphatic heterocycles. The summed E-state index contributed by atoms with van der Waals surface area (Å²) in [5.74, 6) is -0.125. The normalized spacial score (nSPS) is 22.8. The third-order valence-corrected chi connectivity index (χ3v) is 5.21. The number of hydrogen-bond acceptors (Lipinski definition) is 12. The van der Waals surface area contributed by atoms with Gasteiger partial charge in [-0.2, -0.15) is 5.10 Å². The Balaban J connectivity index is 1.60. The highest BCUT2D eigenvalue weighted by Crippen LogP contribution is 2.35. The third-order valence-electron chi connectivity index (χ3n) is 5.21. The summed E-state index contributed by atoms with van der Waals surface area (Å²) in [5, 5.41) is 34.4. The molecule has 4 atom stereocenters. The molecule has 1 aromatic carbocycles. The number of anilines is 2. The molecule has 3 heterocycles. The van der Waals surface area contributed by atoms with E-state index in [9.17, 15) is 20.1 Å². The van der Waals surface area contributed by atoms with Crippen molar-refractivity contribution in [2.75, 3.05) is 24.4 Å². The van der Waals surface area contributed by atoms with Gasteiger partial charge in [0.2, 0.25) is 5.95 Å². The highest BCUT2D eigenvalue weighted by molar-refractivity contribution is 5.95. The monoisotopic (exact) mass is 472 g/mol. The van der Waals surface area contributed by atoms with Crippen LogP contribution < -0.4 is 21.6 Å². The molecule has 14 heteroatoms. The summed E-state index contributed by atoms with van der Waals surface area (Å²) in [4.78, 5) is 24.0. The van der Waals surface area contributed by atoms with Crippen molar-refractivity contribution < 1.29 is 29.6 Å². The number of hydrogen-bond donors (Lipinski definition) is 6. The van der Waals surface area contributed by atoms with Gasteiger partial charge in [-0.05, 0) is 19.1 Å². The summed E-state index contributed by atoms with van der Waals surface area (Å²) >= 11 is 0. The number of nitrogens with two attached hydrogens (primary N) is 2. The maximum Gasteiger partial charge on any atom is 0.252 e. The van der Waals surface area contributed by atoms with Crippen LogP contribution in [0.25, 0.3) is 11.2 Å². The molecule has 1 fully saturated rings. The van der Waals surface area contributed by atoms with E-state index in [4.69, 9.17) is 20.9 Å². The van der Waals surface area contributed by atoms with Gasteiger partial charge in [0.05, 0.1) is 17.9 Å². The van der Waals surface area contributed by atoms with E-state index in [0.717, 1.165) is 0 Å². The van der Waals surface area contributed by atoms with Crippen LogP contribution in [0.3, 0.4) is 0 Å². The number of aliphatic hydroxyl groups is 3. The summed E-state index contributed by atoms with van der Waals surface area (Å²) in [6.45, 7) is 1.20. The zero-order valence-electron chi connectivity index (χ0n) is 18.1. The Kier molecular flexibility index (Phi) is 6.56. The summed E-state index contributed by atoms with van der Waals surface area (Å²) in [6, 6.07) is 6.55. The Labute approximate surface area is 192 Å². The molecule has 8 N–H and O–H groups in total. The number of carbonyl (C=O) groups is 1. The summed E-state index contributed by atoms with van der Waals surface area (Å²) < 4.78 is 12.7. The van der Waals surface area contributed by atoms with Crippen LogP contribution in [0.4, 0.5) is 11.8 Å². The number of rotatable bonds is 8. The van der Waals surface area contributed by atoms with E-state index in [1.165, 1.54) is 10.9 Å². The SMILES string of the molecule is C/C(COc1ccccc1C(N)=O)=N/Nc1nc2c(N)ncnc2n1[C@@H]1O[C@H](CO)[C@@H](O)[C@H]1O. The van der Waals surface area contributed by atoms with E-state index in [0.29, 0.717) is 11.5 Å². The van der Waals surface area contributed by atoms with Crippen LogP contribution in [0, 0.1) is 0 Å². The largest absolute Gasteiger partial charge is 0.487 e. The van der Waals surface area contributed by atoms with Gasteiger partial charge in [0.1, 0.15) is 37.0 Å². The fourth-order valence-corrected chi connectivity index (χ4v) is 3.50. The molecule has 1 amide bonds. The van der Waals surface area contributed by atoms with Crippen LogP contribution in [0.15, 0.2) is 35.7 Å². The van der Waals surface area contributed by atoms with E-state index >= 15 is 0 Å². The van der Waals surface area contributed by atoms with E-state index in [2.05, 4.69) is 25.5 Å². The molecule has 0 spiro atoms. The van der Waals surface area contributed by atoms with Crippen LogP contribution in [-0.2, 0) is 4.74 Å². The van der Waals surface area contributed by atoms with E-state index in [-0.39, 0.29) is 35.1 Å². The average molecular weight is 472 g/mol. The van der Waals surface area contributed by atoms with Gasteiger partial charge in [0.25, 0.3) is 5.91 Å². The van der Waals surface area contributed by atoms with Crippen molar-refractivity contribution in [3.05, 3.63) is 36.2 Å². The Bertz CT molecular complexity index is 1230. The standard InChI is InChI=1S/C20H24N8O6/c1-9(7-33-11-5-3-2-4-10(11)17(22)32)26-27-20-25-13-16(21)23-8-24-18(13)28(20)19-15(31)14(30)12(6-29)34-19/h2-5,8,12,14-15,19,29-31H,6-7H2,1H3,(H2,22,32)(H,25,27)(H2,21,23,24)/b26-9-/t12-,14-,15-,19-/m1/s1. The lowest BCUT2D eigenvalue weighted by atomic mass is 10.1. The van der Waals surface area contributed by atoms with Crippen LogP contribution >= 0.6 is 0 Å². The van der Waals surface area contributed by atoms with Crippen LogP contribution in [-0.4, -0.2) is 78.0 Å². The molecule has 34 heavy (non-hydrogen) atoms. The lowest BCUT2D eigenvalue weighted by Gasteiger charge is -2.19. The van der Waals surface area contributed by atoms with E-state index < -0.39 is 37.1 Å². The number of nitrogen functional groups attached to an aromatic ring is 1. The number of fused-ring (bicyclic) bond motifs is 1. The van der Waals surface area contributed by atoms with Crippen molar-refractivity contribution in [2.45, 2.75) is 31.5 Å². The van der Waals surface area contributed by atoms with Gasteiger partial charge in [-0.25, -0.2) is 20.4 Å². The number of para-hydroxylation sites is 1. The number of aromatic nitrogens is 4. The van der Waals surface area contributed by atoms with Gasteiger partial charge in [-0.15, -0.1) is 0 Å². The third kappa shape index (κ3) is 4.34. The first kappa shape index (κ1) is 23.3. The number of nitrogens with one attached hydrogen (secondary N) is 1. The molecule has 0 bridgehead atoms. The number of benzene rings is 1. The van der Waals surface area contributed by atoms with Crippen LogP contribution in [0.2, 0.25) is 0 Å². The van der Waals surface area contributed by atoms with Crippen molar-refractivity contribution >= 4 is 34.5 Å². The molecule has 0 radical (unpaired) electrons. The molecule has 2 aromatic heterocycles. The molecule has 1 saturated heterocycles. The smallest absolute Gasteiger partial charge is 0.252 e. The molecular weight excluding hydrogens is 448 g/mol. The second kappa shape index (κ2) is 9.56. The summed E-state index contributed by atoms with van der Waals surface area (Å²) in [7, 11) is 0. The first-order valence-corrected chi connectivity index (χ1v) is 10.2. The lowest BCUT2D eigenvalue weighted by molar-refractivity contribution is -0.0501. The topological polar surface area (TPSA) is 216 Å². The zero-order chi connectivity index (χ0) is 24.4. The maximum atomic E-state index is 11.5. The number of ether oxygens (including phenoxy) is 2. The highest BCUT2D eigenvalue weighted by Gasteiger charge is 2.45. The molecule has 0 saturated carbocycles. The first-order chi connectivity index (χ1) is 16.3. The highest BCUT2D eigenvalue weighted by atomic mass is 16.6. The number of nitrogens with zero attached hydrogens (tertiary/aromatic N) is 5. The second-order valence-corrected chi connectivity index (χ2v) is 7.57. The Hall–Kier alpha value is -3.85. The molecule has 4 rings (SSSR count). The Morgan fingerprint density at radius 2 is 2.06 bits per heavy atom. The minimum atomic E-state index is -1.38. The van der Waals surface area contributed by atoms with Crippen molar-refractivity contribution in [1.82, 2.24) is 19.5 Å². The molecule has 14 nitrogen and oxygen atoms in total. The quantitative estimate of drug-likeness (QED) is 0.172. The van der Waals surface area contributed by atoms with Crippen molar-refractivity contribution in [2.24, 2.45) is 10.8 Å². The predicted octanol–water partition coefficient (Wildman–Crippen LogP) is -1.01. The molecule has 180 valence electrons. The molecule has 0 aliphatic carbocycles. The van der Waals surface area contributed by atoms with Gasteiger partial charge < -0.3 is 36.3 Å². The van der Waals surface area contributed by atoms with Gasteiger partial charge in [0.15, 0.2) is 23.2 Å². The Morgan fingerprint density at radius 1 is 1.29 bits per heavy atom. The van der Waals surface area contributed by atoms with Gasteiger partial charge in [-0.1, -0.05) is 12.1 Å². The summed E-state index contributed by atoms with van der Waals surface area (Å²) in [6.07, 6.45) is -3.63. The number of primary amides is 1. The van der Waals surface area contributed by atoms with Crippen LogP contribution in [0.1, 0.15) is 23.5 Å². The molecule has 3 aromatic rings. The number of imidazole rings is 1. The second-order valence-electron chi connectivity index (χ2n) is 7.57. The van der Waals surface area contributed by atoms with Gasteiger partial charge >= 0.3 is 0 Å². The van der Waals surface area contributed by atoms with Crippen molar-refractivity contribution in [1.29, 1.82) is 0 Å². The van der Waals surface area contributed by atoms with E-state index in [1.54, 1.807) is 31.2 Å². The van der Waals surface area contributed by atoms with Crippen molar-refractivity contribution in [3.8, 4) is 5.75 Å². The number of amides is 1. The van der Waals surface area contributed by atoms with Crippen molar-refractivity contribution in [3.63, 3.8) is 0 Å². The van der Waals surface area contributed by atoms with Gasteiger partial charge in [-0.3, -0.25) is 9.36 Å². The number of carbonyl (C=O) groups excluding carboxylic acids is 1. The zero-order valence-corrected chi connectivity index (χ0v) is 18.1. The number of hydrazone groups is 1. The lowest BCUT2D eigenvalue weighted by Crippen LogP contribution is -2.33. The fraction of sp³-hybridized carbons (Fsp3) is 0.350. The Morgan fingerprint density at radius 3 is 2.76 bits per heavy atom. The maximum absolute atomic E-state index is 11.5.